The van der Waals surface area contributed by atoms with E-state index in [1.165, 1.54) is 0 Å². The number of benzene rings is 1. The van der Waals surface area contributed by atoms with Crippen LogP contribution < -0.4 is 5.32 Å². The number of hydrogen-bond donors (Lipinski definition) is 1. The highest BCUT2D eigenvalue weighted by atomic mass is 35.5. The van der Waals surface area contributed by atoms with Gasteiger partial charge in [-0.05, 0) is 25.5 Å². The molecule has 112 valence electrons. The van der Waals surface area contributed by atoms with Crippen LogP contribution in [0.2, 0.25) is 5.02 Å². The number of hydrogen-bond acceptors (Lipinski definition) is 5. The summed E-state index contributed by atoms with van der Waals surface area (Å²) >= 11 is 6.05. The maximum absolute atomic E-state index is 11.7. The average Bonchev–Trinajstić information content (AvgIpc) is 2.32. The van der Waals surface area contributed by atoms with Crippen molar-refractivity contribution < 1.29 is 17.9 Å². The first-order valence-corrected chi connectivity index (χ1v) is 8.50. The first-order valence-electron chi connectivity index (χ1n) is 6.06. The molecule has 20 heavy (non-hydrogen) atoms. The van der Waals surface area contributed by atoms with Crippen LogP contribution in [0.3, 0.4) is 0 Å². The SMILES string of the molecule is Cc1cccc(Cl)c1N[C@@H](C)C(=O)OCCS(C)(=O)=O. The molecule has 0 aromatic heterocycles. The van der Waals surface area contributed by atoms with Crippen LogP contribution in [-0.4, -0.2) is 39.0 Å². The Bertz CT molecular complexity index is 566. The van der Waals surface area contributed by atoms with Crippen molar-refractivity contribution in [1.82, 2.24) is 0 Å². The van der Waals surface area contributed by atoms with Gasteiger partial charge < -0.3 is 10.1 Å². The number of para-hydroxylation sites is 1. The van der Waals surface area contributed by atoms with E-state index in [2.05, 4.69) is 5.32 Å². The third-order valence-electron chi connectivity index (χ3n) is 2.63. The number of carbonyl (C=O) groups is 1. The summed E-state index contributed by atoms with van der Waals surface area (Å²) in [6, 6.07) is 4.79. The number of aryl methyl sites for hydroxylation is 1. The van der Waals surface area contributed by atoms with Crippen molar-refractivity contribution >= 4 is 33.1 Å². The Kier molecular flexibility index (Phi) is 5.83. The van der Waals surface area contributed by atoms with Gasteiger partial charge in [-0.2, -0.15) is 0 Å². The Morgan fingerprint density at radius 2 is 2.10 bits per heavy atom. The van der Waals surface area contributed by atoms with Crippen LogP contribution in [0.5, 0.6) is 0 Å². The van der Waals surface area contributed by atoms with Gasteiger partial charge in [0.1, 0.15) is 12.6 Å². The van der Waals surface area contributed by atoms with E-state index in [9.17, 15) is 13.2 Å². The van der Waals surface area contributed by atoms with E-state index >= 15 is 0 Å². The second kappa shape index (κ2) is 6.95. The van der Waals surface area contributed by atoms with Crippen LogP contribution >= 0.6 is 11.6 Å². The molecule has 0 aliphatic carbocycles. The number of ether oxygens (including phenoxy) is 1. The largest absolute Gasteiger partial charge is 0.463 e. The normalized spacial score (nSPS) is 12.8. The topological polar surface area (TPSA) is 72.5 Å². The van der Waals surface area contributed by atoms with Crippen LogP contribution in [0.1, 0.15) is 12.5 Å². The highest BCUT2D eigenvalue weighted by molar-refractivity contribution is 7.90. The molecule has 5 nitrogen and oxygen atoms in total. The number of nitrogens with one attached hydrogen (secondary N) is 1. The van der Waals surface area contributed by atoms with Crippen LogP contribution in [-0.2, 0) is 19.4 Å². The molecule has 1 aromatic rings. The highest BCUT2D eigenvalue weighted by Crippen LogP contribution is 2.25. The van der Waals surface area contributed by atoms with Gasteiger partial charge in [0.05, 0.1) is 16.5 Å². The quantitative estimate of drug-likeness (QED) is 0.812. The third-order valence-corrected chi connectivity index (χ3v) is 3.86. The van der Waals surface area contributed by atoms with Crippen molar-refractivity contribution in [3.05, 3.63) is 28.8 Å². The number of anilines is 1. The maximum Gasteiger partial charge on any atom is 0.328 e. The molecule has 1 N–H and O–H groups in total. The molecule has 0 amide bonds. The molecule has 0 radical (unpaired) electrons. The summed E-state index contributed by atoms with van der Waals surface area (Å²) < 4.78 is 26.8. The van der Waals surface area contributed by atoms with Crippen molar-refractivity contribution in [2.45, 2.75) is 19.9 Å². The number of rotatable bonds is 6. The summed E-state index contributed by atoms with van der Waals surface area (Å²) in [5.74, 6) is -0.704. The van der Waals surface area contributed by atoms with E-state index in [0.717, 1.165) is 11.8 Å². The average molecular weight is 320 g/mol. The fourth-order valence-corrected chi connectivity index (χ4v) is 2.17. The molecule has 0 heterocycles. The minimum absolute atomic E-state index is 0.148. The molecule has 1 aromatic carbocycles. The van der Waals surface area contributed by atoms with E-state index in [1.807, 2.05) is 19.1 Å². The lowest BCUT2D eigenvalue weighted by Crippen LogP contribution is -2.30. The number of sulfone groups is 1. The summed E-state index contributed by atoms with van der Waals surface area (Å²) in [7, 11) is -3.14. The summed E-state index contributed by atoms with van der Waals surface area (Å²) in [6.45, 7) is 3.35. The Morgan fingerprint density at radius 1 is 1.45 bits per heavy atom. The van der Waals surface area contributed by atoms with Crippen LogP contribution in [0.15, 0.2) is 18.2 Å². The van der Waals surface area contributed by atoms with Crippen molar-refractivity contribution in [2.75, 3.05) is 23.9 Å². The summed E-state index contributed by atoms with van der Waals surface area (Å²) in [5.41, 5.74) is 1.58. The third kappa shape index (κ3) is 5.38. The lowest BCUT2D eigenvalue weighted by Gasteiger charge is -2.17. The number of halogens is 1. The van der Waals surface area contributed by atoms with E-state index in [4.69, 9.17) is 16.3 Å². The van der Waals surface area contributed by atoms with Crippen LogP contribution in [0, 0.1) is 6.92 Å². The predicted octanol–water partition coefficient (Wildman–Crippen LogP) is 2.04. The molecule has 0 saturated heterocycles. The van der Waals surface area contributed by atoms with Gasteiger partial charge in [0.15, 0.2) is 9.84 Å². The Labute approximate surface area is 124 Å². The zero-order valence-corrected chi connectivity index (χ0v) is 13.2. The van der Waals surface area contributed by atoms with Crippen molar-refractivity contribution in [2.24, 2.45) is 0 Å². The minimum Gasteiger partial charge on any atom is -0.463 e. The minimum atomic E-state index is -3.14. The van der Waals surface area contributed by atoms with Gasteiger partial charge in [0.25, 0.3) is 0 Å². The first kappa shape index (κ1) is 16.8. The van der Waals surface area contributed by atoms with Crippen LogP contribution in [0.4, 0.5) is 5.69 Å². The van der Waals surface area contributed by atoms with E-state index < -0.39 is 21.8 Å². The summed E-state index contributed by atoms with van der Waals surface area (Å²) in [5, 5.41) is 3.48. The maximum atomic E-state index is 11.7. The van der Waals surface area contributed by atoms with E-state index in [0.29, 0.717) is 10.7 Å². The van der Waals surface area contributed by atoms with Gasteiger partial charge in [-0.25, -0.2) is 13.2 Å². The molecular weight excluding hydrogens is 302 g/mol. The van der Waals surface area contributed by atoms with E-state index in [-0.39, 0.29) is 12.4 Å². The molecule has 7 heteroatoms. The van der Waals surface area contributed by atoms with Crippen molar-refractivity contribution in [3.8, 4) is 0 Å². The molecule has 0 aliphatic heterocycles. The molecule has 1 atom stereocenters. The molecular formula is C13H18ClNO4S. The molecule has 0 spiro atoms. The second-order valence-electron chi connectivity index (χ2n) is 4.60. The summed E-state index contributed by atoms with van der Waals surface area (Å²) in [4.78, 5) is 11.7. The molecule has 0 saturated carbocycles. The monoisotopic (exact) mass is 319 g/mol. The van der Waals surface area contributed by atoms with Crippen molar-refractivity contribution in [1.29, 1.82) is 0 Å². The van der Waals surface area contributed by atoms with Gasteiger partial charge in [0.2, 0.25) is 0 Å². The standard InChI is InChI=1S/C13H18ClNO4S/c1-9-5-4-6-11(14)12(9)15-10(2)13(16)19-7-8-20(3,17)18/h4-6,10,15H,7-8H2,1-3H3/t10-/m0/s1. The lowest BCUT2D eigenvalue weighted by atomic mass is 10.2. The second-order valence-corrected chi connectivity index (χ2v) is 7.26. The van der Waals surface area contributed by atoms with Gasteiger partial charge in [-0.15, -0.1) is 0 Å². The lowest BCUT2D eigenvalue weighted by molar-refractivity contribution is -0.143. The molecule has 1 rings (SSSR count). The Balaban J connectivity index is 2.58. The molecule has 0 aliphatic rings. The first-order chi connectivity index (χ1) is 9.20. The fraction of sp³-hybridized carbons (Fsp3) is 0.462. The molecule has 0 unspecified atom stereocenters. The van der Waals surface area contributed by atoms with Gasteiger partial charge in [0, 0.05) is 6.26 Å². The van der Waals surface area contributed by atoms with Gasteiger partial charge in [-0.1, -0.05) is 23.7 Å². The van der Waals surface area contributed by atoms with Crippen molar-refractivity contribution in [3.63, 3.8) is 0 Å². The highest BCUT2D eigenvalue weighted by Gasteiger charge is 2.17. The summed E-state index contributed by atoms with van der Waals surface area (Å²) in [6.07, 6.45) is 1.09. The predicted molar refractivity (Wildman–Crippen MR) is 79.9 cm³/mol. The zero-order chi connectivity index (χ0) is 15.3. The Hall–Kier alpha value is -1.27. The van der Waals surface area contributed by atoms with Gasteiger partial charge in [-0.3, -0.25) is 0 Å². The van der Waals surface area contributed by atoms with Gasteiger partial charge >= 0.3 is 5.97 Å². The van der Waals surface area contributed by atoms with Crippen LogP contribution in [0.25, 0.3) is 0 Å². The number of carbonyl (C=O) groups excluding carboxylic acids is 1. The number of esters is 1. The smallest absolute Gasteiger partial charge is 0.328 e. The molecule has 0 bridgehead atoms. The fourth-order valence-electron chi connectivity index (χ4n) is 1.51. The van der Waals surface area contributed by atoms with E-state index in [1.54, 1.807) is 13.0 Å². The Morgan fingerprint density at radius 3 is 2.65 bits per heavy atom. The zero-order valence-electron chi connectivity index (χ0n) is 11.6. The molecule has 0 fully saturated rings.